The van der Waals surface area contributed by atoms with E-state index in [4.69, 9.17) is 5.73 Å². The zero-order valence-corrected chi connectivity index (χ0v) is 9.52. The molecule has 16 heavy (non-hydrogen) atoms. The van der Waals surface area contributed by atoms with Crippen LogP contribution < -0.4 is 10.6 Å². The molecule has 0 spiro atoms. The van der Waals surface area contributed by atoms with E-state index in [0.717, 1.165) is 24.8 Å². The minimum Gasteiger partial charge on any atom is -0.368 e. The second-order valence-corrected chi connectivity index (χ2v) is 5.85. The fraction of sp³-hybridized carbons (Fsp3) is 0.571. The summed E-state index contributed by atoms with van der Waals surface area (Å²) in [4.78, 5) is 2.57. The van der Waals surface area contributed by atoms with Crippen LogP contribution in [0.15, 0.2) is 24.3 Å². The van der Waals surface area contributed by atoms with E-state index >= 15 is 0 Å². The molecule has 2 heterocycles. The first kappa shape index (κ1) is 9.06. The zero-order chi connectivity index (χ0) is 10.8. The van der Waals surface area contributed by atoms with Crippen molar-refractivity contribution in [1.29, 1.82) is 0 Å². The molecule has 1 aromatic rings. The van der Waals surface area contributed by atoms with Gasteiger partial charge >= 0.3 is 0 Å². The molecule has 0 aromatic heterocycles. The Morgan fingerprint density at radius 2 is 1.81 bits per heavy atom. The number of nitrogens with zero attached hydrogens (tertiary/aromatic N) is 1. The molecule has 0 radical (unpaired) electrons. The van der Waals surface area contributed by atoms with Gasteiger partial charge in [0.05, 0.1) is 0 Å². The second-order valence-electron chi connectivity index (χ2n) is 5.85. The summed E-state index contributed by atoms with van der Waals surface area (Å²) in [6.45, 7) is 1.28. The maximum Gasteiger partial charge on any atom is 0.0411 e. The molecule has 2 nitrogen and oxygen atoms in total. The largest absolute Gasteiger partial charge is 0.368 e. The summed E-state index contributed by atoms with van der Waals surface area (Å²) in [5.41, 5.74) is 8.94. The Balaban J connectivity index is 1.60. The van der Waals surface area contributed by atoms with Gasteiger partial charge < -0.3 is 10.6 Å². The molecule has 0 amide bonds. The predicted octanol–water partition coefficient (Wildman–Crippen LogP) is 2.23. The Labute approximate surface area is 96.4 Å². The Bertz CT molecular complexity index is 413. The van der Waals surface area contributed by atoms with Gasteiger partial charge in [-0.3, -0.25) is 0 Å². The van der Waals surface area contributed by atoms with Crippen molar-refractivity contribution in [3.63, 3.8) is 0 Å². The maximum absolute atomic E-state index is 6.19. The van der Waals surface area contributed by atoms with E-state index in [9.17, 15) is 0 Å². The number of hydrogen-bond acceptors (Lipinski definition) is 2. The lowest BCUT2D eigenvalue weighted by Gasteiger charge is -2.27. The van der Waals surface area contributed by atoms with E-state index in [1.807, 2.05) is 0 Å². The van der Waals surface area contributed by atoms with Crippen molar-refractivity contribution in [3.05, 3.63) is 29.8 Å². The number of fused-ring (bicyclic) bond motifs is 1. The van der Waals surface area contributed by atoms with Crippen LogP contribution in [0.1, 0.15) is 31.2 Å². The van der Waals surface area contributed by atoms with Crippen LogP contribution in [0.25, 0.3) is 0 Å². The van der Waals surface area contributed by atoms with Gasteiger partial charge in [-0.15, -0.1) is 0 Å². The molecule has 5 rings (SSSR count). The molecule has 2 heteroatoms. The van der Waals surface area contributed by atoms with Gasteiger partial charge in [-0.05, 0) is 49.3 Å². The standard InChI is InChI=1S/C14H18N2/c15-14(5-6-14)11-1-3-12(4-2-11)16-9-10-7-13(16)8-10/h1-4,10,13H,5-9,15H2. The highest BCUT2D eigenvalue weighted by Gasteiger charge is 2.43. The van der Waals surface area contributed by atoms with Crippen LogP contribution in [0.5, 0.6) is 0 Å². The lowest BCUT2D eigenvalue weighted by Crippen LogP contribution is -2.28. The Hall–Kier alpha value is -1.02. The fourth-order valence-electron chi connectivity index (χ4n) is 3.26. The van der Waals surface area contributed by atoms with Crippen LogP contribution >= 0.6 is 0 Å². The fourth-order valence-corrected chi connectivity index (χ4v) is 3.26. The minimum atomic E-state index is 0.0195. The molecular weight excluding hydrogens is 196 g/mol. The van der Waals surface area contributed by atoms with Crippen molar-refractivity contribution in [2.45, 2.75) is 37.3 Å². The summed E-state index contributed by atoms with van der Waals surface area (Å²) >= 11 is 0. The normalized spacial score (nSPS) is 33.7. The highest BCUT2D eigenvalue weighted by Crippen LogP contribution is 2.45. The molecule has 1 aromatic carbocycles. The van der Waals surface area contributed by atoms with Gasteiger partial charge in [-0.2, -0.15) is 0 Å². The molecule has 2 bridgehead atoms. The topological polar surface area (TPSA) is 29.3 Å². The third-order valence-electron chi connectivity index (χ3n) is 4.67. The molecule has 84 valence electrons. The quantitative estimate of drug-likeness (QED) is 0.818. The van der Waals surface area contributed by atoms with Gasteiger partial charge in [0, 0.05) is 23.8 Å². The number of anilines is 1. The van der Waals surface area contributed by atoms with Gasteiger partial charge in [0.2, 0.25) is 0 Å². The summed E-state index contributed by atoms with van der Waals surface area (Å²) in [5.74, 6) is 0.981. The molecule has 0 unspecified atom stereocenters. The Morgan fingerprint density at radius 1 is 1.12 bits per heavy atom. The number of rotatable bonds is 2. The van der Waals surface area contributed by atoms with Crippen molar-refractivity contribution in [2.24, 2.45) is 11.7 Å². The molecule has 2 aliphatic carbocycles. The first-order valence-corrected chi connectivity index (χ1v) is 6.41. The summed E-state index contributed by atoms with van der Waals surface area (Å²) in [7, 11) is 0. The third kappa shape index (κ3) is 1.17. The van der Waals surface area contributed by atoms with Crippen molar-refractivity contribution in [2.75, 3.05) is 11.4 Å². The van der Waals surface area contributed by atoms with E-state index in [0.29, 0.717) is 0 Å². The van der Waals surface area contributed by atoms with Crippen LogP contribution in [-0.4, -0.2) is 12.6 Å². The summed E-state index contributed by atoms with van der Waals surface area (Å²) < 4.78 is 0. The minimum absolute atomic E-state index is 0.0195. The van der Waals surface area contributed by atoms with Crippen molar-refractivity contribution in [3.8, 4) is 0 Å². The Kier molecular flexibility index (Phi) is 1.59. The van der Waals surface area contributed by atoms with Gasteiger partial charge in [-0.25, -0.2) is 0 Å². The summed E-state index contributed by atoms with van der Waals surface area (Å²) in [5, 5.41) is 0. The van der Waals surface area contributed by atoms with Crippen LogP contribution in [0.2, 0.25) is 0 Å². The van der Waals surface area contributed by atoms with Crippen LogP contribution in [0.4, 0.5) is 5.69 Å². The van der Waals surface area contributed by atoms with Crippen molar-refractivity contribution >= 4 is 5.69 Å². The first-order valence-electron chi connectivity index (χ1n) is 6.41. The lowest BCUT2D eigenvalue weighted by atomic mass is 9.86. The number of nitrogens with two attached hydrogens (primary N) is 1. The van der Waals surface area contributed by atoms with Gasteiger partial charge in [0.15, 0.2) is 0 Å². The SMILES string of the molecule is NC1(c2ccc(N3CC4CC3C4)cc2)CC1. The highest BCUT2D eigenvalue weighted by molar-refractivity contribution is 5.52. The monoisotopic (exact) mass is 214 g/mol. The van der Waals surface area contributed by atoms with Crippen LogP contribution in [0.3, 0.4) is 0 Å². The van der Waals surface area contributed by atoms with Crippen LogP contribution in [-0.2, 0) is 5.54 Å². The molecule has 2 saturated carbocycles. The molecule has 4 fully saturated rings. The first-order chi connectivity index (χ1) is 7.74. The van der Waals surface area contributed by atoms with Crippen molar-refractivity contribution in [1.82, 2.24) is 0 Å². The lowest BCUT2D eigenvalue weighted by molar-refractivity contribution is 0.381. The average Bonchev–Trinajstić information content (AvgIpc) is 2.76. The number of hydrogen-bond donors (Lipinski definition) is 1. The molecule has 4 aliphatic rings. The molecule has 2 saturated heterocycles. The third-order valence-corrected chi connectivity index (χ3v) is 4.67. The van der Waals surface area contributed by atoms with Gasteiger partial charge in [-0.1, -0.05) is 12.1 Å². The highest BCUT2D eigenvalue weighted by atomic mass is 15.2. The van der Waals surface area contributed by atoms with E-state index in [-0.39, 0.29) is 5.54 Å². The summed E-state index contributed by atoms with van der Waals surface area (Å²) in [6.07, 6.45) is 5.15. The maximum atomic E-state index is 6.19. The second kappa shape index (κ2) is 2.80. The van der Waals surface area contributed by atoms with E-state index in [1.165, 1.54) is 30.6 Å². The van der Waals surface area contributed by atoms with E-state index in [1.54, 1.807) is 0 Å². The Morgan fingerprint density at radius 3 is 2.31 bits per heavy atom. The number of benzene rings is 1. The zero-order valence-electron chi connectivity index (χ0n) is 9.52. The van der Waals surface area contributed by atoms with Gasteiger partial charge in [0.1, 0.15) is 0 Å². The summed E-state index contributed by atoms with van der Waals surface area (Å²) in [6, 6.07) is 9.84. The predicted molar refractivity (Wildman–Crippen MR) is 65.4 cm³/mol. The van der Waals surface area contributed by atoms with Gasteiger partial charge in [0.25, 0.3) is 0 Å². The molecule has 2 N–H and O–H groups in total. The molecule has 0 atom stereocenters. The van der Waals surface area contributed by atoms with Crippen LogP contribution in [0, 0.1) is 5.92 Å². The van der Waals surface area contributed by atoms with E-state index in [2.05, 4.69) is 29.2 Å². The van der Waals surface area contributed by atoms with E-state index < -0.39 is 0 Å². The molecule has 2 aliphatic heterocycles. The van der Waals surface area contributed by atoms with Crippen molar-refractivity contribution < 1.29 is 0 Å². The smallest absolute Gasteiger partial charge is 0.0411 e. The molecular formula is C14H18N2. The average molecular weight is 214 g/mol.